The van der Waals surface area contributed by atoms with Gasteiger partial charge in [0.15, 0.2) is 17.5 Å². The molecule has 0 atom stereocenters. The van der Waals surface area contributed by atoms with Gasteiger partial charge < -0.3 is 4.42 Å². The summed E-state index contributed by atoms with van der Waals surface area (Å²) in [6, 6.07) is 56.7. The third kappa shape index (κ3) is 4.63. The summed E-state index contributed by atoms with van der Waals surface area (Å²) in [7, 11) is 0. The molecule has 0 saturated carbocycles. The molecule has 0 saturated heterocycles. The van der Waals surface area contributed by atoms with E-state index >= 15 is 0 Å². The molecule has 0 fully saturated rings. The number of rotatable bonds is 5. The molecule has 3 aromatic heterocycles. The number of aromatic nitrogens is 3. The standard InChI is InChI=1S/C45H27N3OS/c1-4-14-28(15-5-1)31-20-13-27-38-39(31)35-24-12-25-36(40(35)49-38)44-46-43(30-18-8-3-9-19-30)47-45(48-44)37-26-11-23-34-33-22-10-21-32(41(33)50-42(34)37)29-16-6-2-7-17-29/h1-27H. The Kier molecular flexibility index (Phi) is 6.64. The molecule has 4 nitrogen and oxygen atoms in total. The van der Waals surface area contributed by atoms with Crippen LogP contribution in [-0.2, 0) is 0 Å². The van der Waals surface area contributed by atoms with Crippen LogP contribution < -0.4 is 0 Å². The van der Waals surface area contributed by atoms with Gasteiger partial charge >= 0.3 is 0 Å². The molecule has 5 heteroatoms. The summed E-state index contributed by atoms with van der Waals surface area (Å²) in [5.41, 5.74) is 9.02. The summed E-state index contributed by atoms with van der Waals surface area (Å²) in [4.78, 5) is 15.5. The van der Waals surface area contributed by atoms with E-state index in [0.29, 0.717) is 17.5 Å². The van der Waals surface area contributed by atoms with Crippen LogP contribution in [0.25, 0.3) is 98.5 Å². The maximum absolute atomic E-state index is 6.66. The topological polar surface area (TPSA) is 51.8 Å². The van der Waals surface area contributed by atoms with Gasteiger partial charge in [0, 0.05) is 42.1 Å². The molecule has 3 heterocycles. The van der Waals surface area contributed by atoms with Crippen LogP contribution in [0, 0.1) is 0 Å². The molecule has 0 spiro atoms. The fourth-order valence-electron chi connectivity index (χ4n) is 7.06. The smallest absolute Gasteiger partial charge is 0.167 e. The molecule has 234 valence electrons. The number of para-hydroxylation sites is 1. The minimum atomic E-state index is 0.572. The molecular formula is C45H27N3OS. The van der Waals surface area contributed by atoms with Crippen LogP contribution in [0.4, 0.5) is 0 Å². The monoisotopic (exact) mass is 657 g/mol. The zero-order chi connectivity index (χ0) is 33.0. The zero-order valence-corrected chi connectivity index (χ0v) is 27.6. The average molecular weight is 658 g/mol. The van der Waals surface area contributed by atoms with Crippen LogP contribution in [0.1, 0.15) is 0 Å². The second-order valence-corrected chi connectivity index (χ2v) is 13.4. The van der Waals surface area contributed by atoms with Crippen molar-refractivity contribution in [1.29, 1.82) is 0 Å². The average Bonchev–Trinajstić information content (AvgIpc) is 3.78. The molecule has 0 unspecified atom stereocenters. The van der Waals surface area contributed by atoms with Gasteiger partial charge in [0.05, 0.1) is 5.56 Å². The quantitative estimate of drug-likeness (QED) is 0.185. The molecule has 0 aliphatic rings. The molecule has 0 aliphatic carbocycles. The summed E-state index contributed by atoms with van der Waals surface area (Å²) in [5.74, 6) is 1.82. The highest BCUT2D eigenvalue weighted by molar-refractivity contribution is 7.26. The summed E-state index contributed by atoms with van der Waals surface area (Å²) in [6.07, 6.45) is 0. The lowest BCUT2D eigenvalue weighted by Crippen LogP contribution is -2.00. The first-order chi connectivity index (χ1) is 24.8. The summed E-state index contributed by atoms with van der Waals surface area (Å²) >= 11 is 1.79. The van der Waals surface area contributed by atoms with Crippen molar-refractivity contribution in [3.63, 3.8) is 0 Å². The lowest BCUT2D eigenvalue weighted by Gasteiger charge is -2.09. The number of thiophene rings is 1. The first kappa shape index (κ1) is 28.6. The Morgan fingerprint density at radius 1 is 0.360 bits per heavy atom. The molecule has 50 heavy (non-hydrogen) atoms. The number of fused-ring (bicyclic) bond motifs is 6. The molecular weight excluding hydrogens is 631 g/mol. The molecule has 0 N–H and O–H groups in total. The van der Waals surface area contributed by atoms with E-state index in [2.05, 4.69) is 115 Å². The van der Waals surface area contributed by atoms with E-state index < -0.39 is 0 Å². The molecule has 7 aromatic carbocycles. The molecule has 10 aromatic rings. The summed E-state index contributed by atoms with van der Waals surface area (Å²) < 4.78 is 9.06. The van der Waals surface area contributed by atoms with Gasteiger partial charge in [-0.25, -0.2) is 15.0 Å². The Morgan fingerprint density at radius 3 is 1.52 bits per heavy atom. The van der Waals surface area contributed by atoms with Crippen molar-refractivity contribution >= 4 is 53.4 Å². The third-order valence-corrected chi connectivity index (χ3v) is 10.7. The van der Waals surface area contributed by atoms with Crippen molar-refractivity contribution < 1.29 is 4.42 Å². The molecule has 10 rings (SSSR count). The molecule has 0 aliphatic heterocycles. The SMILES string of the molecule is c1ccc(-c2nc(-c3cccc4c3oc3cccc(-c5ccccc5)c34)nc(-c3cccc4c3sc3c(-c5ccccc5)cccc34)n2)cc1. The predicted molar refractivity (Wildman–Crippen MR) is 207 cm³/mol. The summed E-state index contributed by atoms with van der Waals surface area (Å²) in [5, 5.41) is 4.53. The van der Waals surface area contributed by atoms with Crippen molar-refractivity contribution in [3.8, 4) is 56.4 Å². The van der Waals surface area contributed by atoms with Gasteiger partial charge in [-0.2, -0.15) is 0 Å². The second-order valence-electron chi connectivity index (χ2n) is 12.3. The van der Waals surface area contributed by atoms with E-state index in [1.165, 1.54) is 26.6 Å². The fourth-order valence-corrected chi connectivity index (χ4v) is 8.40. The lowest BCUT2D eigenvalue weighted by atomic mass is 9.99. The Morgan fingerprint density at radius 2 is 0.840 bits per heavy atom. The van der Waals surface area contributed by atoms with Gasteiger partial charge in [-0.3, -0.25) is 0 Å². The maximum Gasteiger partial charge on any atom is 0.167 e. The fraction of sp³-hybridized carbons (Fsp3) is 0. The number of hydrogen-bond acceptors (Lipinski definition) is 5. The van der Waals surface area contributed by atoms with Gasteiger partial charge in [0.1, 0.15) is 11.2 Å². The number of benzene rings is 7. The highest BCUT2D eigenvalue weighted by Crippen LogP contribution is 2.44. The Balaban J connectivity index is 1.22. The van der Waals surface area contributed by atoms with E-state index in [0.717, 1.165) is 54.5 Å². The van der Waals surface area contributed by atoms with Crippen molar-refractivity contribution in [2.45, 2.75) is 0 Å². The van der Waals surface area contributed by atoms with Crippen molar-refractivity contribution in [2.24, 2.45) is 0 Å². The van der Waals surface area contributed by atoms with Gasteiger partial charge in [-0.05, 0) is 40.5 Å². The van der Waals surface area contributed by atoms with E-state index in [1.807, 2.05) is 48.5 Å². The first-order valence-electron chi connectivity index (χ1n) is 16.6. The van der Waals surface area contributed by atoms with Crippen LogP contribution in [-0.4, -0.2) is 15.0 Å². The van der Waals surface area contributed by atoms with Crippen molar-refractivity contribution in [1.82, 2.24) is 15.0 Å². The van der Waals surface area contributed by atoms with Gasteiger partial charge in [0.2, 0.25) is 0 Å². The Labute approximate surface area is 292 Å². The minimum absolute atomic E-state index is 0.572. The van der Waals surface area contributed by atoms with E-state index in [4.69, 9.17) is 19.4 Å². The van der Waals surface area contributed by atoms with Crippen LogP contribution in [0.5, 0.6) is 0 Å². The zero-order valence-electron chi connectivity index (χ0n) is 26.7. The van der Waals surface area contributed by atoms with Crippen LogP contribution in [0.15, 0.2) is 168 Å². The highest BCUT2D eigenvalue weighted by Gasteiger charge is 2.21. The second kappa shape index (κ2) is 11.6. The van der Waals surface area contributed by atoms with Gasteiger partial charge in [-0.15, -0.1) is 11.3 Å². The van der Waals surface area contributed by atoms with Crippen molar-refractivity contribution in [3.05, 3.63) is 164 Å². The van der Waals surface area contributed by atoms with Gasteiger partial charge in [-0.1, -0.05) is 146 Å². The van der Waals surface area contributed by atoms with E-state index in [9.17, 15) is 0 Å². The number of nitrogens with zero attached hydrogens (tertiary/aromatic N) is 3. The van der Waals surface area contributed by atoms with Crippen LogP contribution in [0.2, 0.25) is 0 Å². The molecule has 0 radical (unpaired) electrons. The maximum atomic E-state index is 6.66. The van der Waals surface area contributed by atoms with E-state index in [1.54, 1.807) is 11.3 Å². The van der Waals surface area contributed by atoms with E-state index in [-0.39, 0.29) is 0 Å². The Hall–Kier alpha value is -6.43. The minimum Gasteiger partial charge on any atom is -0.455 e. The van der Waals surface area contributed by atoms with Crippen LogP contribution >= 0.6 is 11.3 Å². The van der Waals surface area contributed by atoms with Crippen molar-refractivity contribution in [2.75, 3.05) is 0 Å². The predicted octanol–water partition coefficient (Wildman–Crippen LogP) is 12.5. The first-order valence-corrected chi connectivity index (χ1v) is 17.4. The largest absolute Gasteiger partial charge is 0.455 e. The third-order valence-electron chi connectivity index (χ3n) is 9.37. The normalized spacial score (nSPS) is 11.6. The summed E-state index contributed by atoms with van der Waals surface area (Å²) in [6.45, 7) is 0. The van der Waals surface area contributed by atoms with Crippen LogP contribution in [0.3, 0.4) is 0 Å². The molecule has 0 amide bonds. The van der Waals surface area contributed by atoms with Gasteiger partial charge in [0.25, 0.3) is 0 Å². The lowest BCUT2D eigenvalue weighted by molar-refractivity contribution is 0.669. The Bertz CT molecular complexity index is 2830. The molecule has 0 bridgehead atoms. The number of furan rings is 1. The number of hydrogen-bond donors (Lipinski definition) is 0. The highest BCUT2D eigenvalue weighted by atomic mass is 32.1.